The van der Waals surface area contributed by atoms with Crippen molar-refractivity contribution in [2.24, 2.45) is 5.73 Å². The van der Waals surface area contributed by atoms with E-state index in [0.717, 1.165) is 45.1 Å². The van der Waals surface area contributed by atoms with Crippen molar-refractivity contribution >= 4 is 11.6 Å². The zero-order valence-corrected chi connectivity index (χ0v) is 12.3. The second-order valence-electron chi connectivity index (χ2n) is 5.78. The van der Waals surface area contributed by atoms with Crippen LogP contribution in [0.25, 0.3) is 0 Å². The molecule has 2 N–H and O–H groups in total. The highest BCUT2D eigenvalue weighted by atomic mass is 16.5. The predicted molar refractivity (Wildman–Crippen MR) is 82.6 cm³/mol. The van der Waals surface area contributed by atoms with Crippen molar-refractivity contribution < 1.29 is 9.53 Å². The molecule has 0 atom stereocenters. The number of morpholine rings is 1. The maximum Gasteiger partial charge on any atom is 0.248 e. The number of hydrogen-bond acceptors (Lipinski definition) is 4. The molecule has 2 fully saturated rings. The molecule has 5 nitrogen and oxygen atoms in total. The highest BCUT2D eigenvalue weighted by Gasteiger charge is 2.25. The van der Waals surface area contributed by atoms with Crippen LogP contribution in [0.15, 0.2) is 24.3 Å². The lowest BCUT2D eigenvalue weighted by molar-refractivity contribution is 0.0115. The van der Waals surface area contributed by atoms with E-state index in [1.807, 2.05) is 12.1 Å². The molecule has 5 heteroatoms. The molecule has 2 aliphatic rings. The normalized spacial score (nSPS) is 21.4. The minimum Gasteiger partial charge on any atom is -0.379 e. The van der Waals surface area contributed by atoms with Crippen LogP contribution in [0.1, 0.15) is 23.2 Å². The van der Waals surface area contributed by atoms with Crippen LogP contribution in [0.2, 0.25) is 0 Å². The molecule has 0 radical (unpaired) electrons. The second-order valence-corrected chi connectivity index (χ2v) is 5.78. The van der Waals surface area contributed by atoms with Gasteiger partial charge in [0.15, 0.2) is 0 Å². The molecule has 0 unspecified atom stereocenters. The topological polar surface area (TPSA) is 58.8 Å². The molecule has 21 heavy (non-hydrogen) atoms. The Hall–Kier alpha value is -1.59. The van der Waals surface area contributed by atoms with Crippen molar-refractivity contribution in [1.29, 1.82) is 0 Å². The monoisotopic (exact) mass is 289 g/mol. The number of rotatable bonds is 3. The van der Waals surface area contributed by atoms with E-state index < -0.39 is 0 Å². The summed E-state index contributed by atoms with van der Waals surface area (Å²) in [6, 6.07) is 8.30. The van der Waals surface area contributed by atoms with Crippen molar-refractivity contribution in [2.45, 2.75) is 18.9 Å². The van der Waals surface area contributed by atoms with E-state index in [4.69, 9.17) is 10.5 Å². The van der Waals surface area contributed by atoms with Gasteiger partial charge >= 0.3 is 0 Å². The lowest BCUT2D eigenvalue weighted by atomic mass is 10.0. The lowest BCUT2D eigenvalue weighted by Gasteiger charge is -2.40. The average Bonchev–Trinajstić information content (AvgIpc) is 2.56. The molecule has 3 rings (SSSR count). The molecule has 114 valence electrons. The van der Waals surface area contributed by atoms with E-state index in [0.29, 0.717) is 11.6 Å². The molecular weight excluding hydrogens is 266 g/mol. The van der Waals surface area contributed by atoms with E-state index in [-0.39, 0.29) is 5.91 Å². The van der Waals surface area contributed by atoms with Crippen molar-refractivity contribution in [3.05, 3.63) is 29.8 Å². The van der Waals surface area contributed by atoms with Crippen LogP contribution in [0, 0.1) is 0 Å². The third-order valence-electron chi connectivity index (χ3n) is 4.52. The smallest absolute Gasteiger partial charge is 0.248 e. The number of anilines is 1. The van der Waals surface area contributed by atoms with Crippen LogP contribution in [0.4, 0.5) is 5.69 Å². The lowest BCUT2D eigenvalue weighted by Crippen LogP contribution is -2.49. The van der Waals surface area contributed by atoms with E-state index in [1.165, 1.54) is 12.8 Å². The first-order valence-corrected chi connectivity index (χ1v) is 7.70. The molecule has 0 aliphatic carbocycles. The van der Waals surface area contributed by atoms with E-state index in [9.17, 15) is 4.79 Å². The highest BCUT2D eigenvalue weighted by molar-refractivity contribution is 5.93. The summed E-state index contributed by atoms with van der Waals surface area (Å²) in [7, 11) is 0. The van der Waals surface area contributed by atoms with Crippen molar-refractivity contribution in [3.8, 4) is 0 Å². The standard InChI is InChI=1S/C16H23N3O2/c17-16(20)13-2-1-3-15(12-13)18-6-4-14(5-7-18)19-8-10-21-11-9-19/h1-3,12,14H,4-11H2,(H2,17,20). The van der Waals surface area contributed by atoms with Crippen LogP contribution in [0.5, 0.6) is 0 Å². The Morgan fingerprint density at radius 3 is 2.52 bits per heavy atom. The Balaban J connectivity index is 1.60. The summed E-state index contributed by atoms with van der Waals surface area (Å²) in [5.41, 5.74) is 7.05. The van der Waals surface area contributed by atoms with Crippen LogP contribution in [-0.2, 0) is 4.74 Å². The summed E-state index contributed by atoms with van der Waals surface area (Å²) < 4.78 is 5.42. The number of carbonyl (C=O) groups is 1. The summed E-state index contributed by atoms with van der Waals surface area (Å²) >= 11 is 0. The molecule has 0 aromatic heterocycles. The number of benzene rings is 1. The summed E-state index contributed by atoms with van der Waals surface area (Å²) in [6.45, 7) is 5.90. The van der Waals surface area contributed by atoms with Crippen molar-refractivity contribution in [2.75, 3.05) is 44.3 Å². The summed E-state index contributed by atoms with van der Waals surface area (Å²) in [5, 5.41) is 0. The molecule has 0 bridgehead atoms. The van der Waals surface area contributed by atoms with Gasteiger partial charge in [-0.1, -0.05) is 6.07 Å². The SMILES string of the molecule is NC(=O)c1cccc(N2CCC(N3CCOCC3)CC2)c1. The first-order valence-electron chi connectivity index (χ1n) is 7.70. The van der Waals surface area contributed by atoms with Gasteiger partial charge in [-0.3, -0.25) is 9.69 Å². The molecule has 2 aliphatic heterocycles. The number of carbonyl (C=O) groups excluding carboxylic acids is 1. The quantitative estimate of drug-likeness (QED) is 0.905. The molecule has 2 saturated heterocycles. The summed E-state index contributed by atoms with van der Waals surface area (Å²) in [5.74, 6) is -0.361. The number of piperidine rings is 1. The zero-order valence-electron chi connectivity index (χ0n) is 12.3. The van der Waals surface area contributed by atoms with Gasteiger partial charge in [-0.25, -0.2) is 0 Å². The van der Waals surface area contributed by atoms with Gasteiger partial charge in [-0.2, -0.15) is 0 Å². The first-order chi connectivity index (χ1) is 10.2. The third kappa shape index (κ3) is 3.36. The van der Waals surface area contributed by atoms with E-state index in [1.54, 1.807) is 6.07 Å². The van der Waals surface area contributed by atoms with Gasteiger partial charge in [-0.05, 0) is 31.0 Å². The number of nitrogens with zero attached hydrogens (tertiary/aromatic N) is 2. The number of amides is 1. The fourth-order valence-electron chi connectivity index (χ4n) is 3.29. The molecule has 1 aromatic carbocycles. The minimum atomic E-state index is -0.361. The fourth-order valence-corrected chi connectivity index (χ4v) is 3.29. The van der Waals surface area contributed by atoms with Crippen LogP contribution >= 0.6 is 0 Å². The van der Waals surface area contributed by atoms with Gasteiger partial charge in [-0.15, -0.1) is 0 Å². The number of nitrogens with two attached hydrogens (primary N) is 1. The largest absolute Gasteiger partial charge is 0.379 e. The summed E-state index contributed by atoms with van der Waals surface area (Å²) in [6.07, 6.45) is 2.33. The number of ether oxygens (including phenoxy) is 1. The Bertz CT molecular complexity index is 492. The van der Waals surface area contributed by atoms with Crippen molar-refractivity contribution in [3.63, 3.8) is 0 Å². The molecule has 2 heterocycles. The number of primary amides is 1. The molecule has 0 saturated carbocycles. The second kappa shape index (κ2) is 6.45. The number of hydrogen-bond donors (Lipinski definition) is 1. The van der Waals surface area contributed by atoms with E-state index in [2.05, 4.69) is 15.9 Å². The fraction of sp³-hybridized carbons (Fsp3) is 0.562. The van der Waals surface area contributed by atoms with E-state index >= 15 is 0 Å². The first kappa shape index (κ1) is 14.4. The van der Waals surface area contributed by atoms with Gasteiger partial charge in [0.25, 0.3) is 0 Å². The Labute approximate surface area is 125 Å². The van der Waals surface area contributed by atoms with Crippen molar-refractivity contribution in [1.82, 2.24) is 4.90 Å². The minimum absolute atomic E-state index is 0.361. The Morgan fingerprint density at radius 2 is 1.86 bits per heavy atom. The Morgan fingerprint density at radius 1 is 1.14 bits per heavy atom. The molecule has 0 spiro atoms. The van der Waals surface area contributed by atoms with Gasteiger partial charge in [0, 0.05) is 43.5 Å². The average molecular weight is 289 g/mol. The van der Waals surface area contributed by atoms with Gasteiger partial charge in [0.1, 0.15) is 0 Å². The molecule has 1 amide bonds. The van der Waals surface area contributed by atoms with Gasteiger partial charge in [0.2, 0.25) is 5.91 Å². The predicted octanol–water partition coefficient (Wildman–Crippen LogP) is 1.09. The third-order valence-corrected chi connectivity index (χ3v) is 4.52. The molecular formula is C16H23N3O2. The zero-order chi connectivity index (χ0) is 14.7. The van der Waals surface area contributed by atoms with Crippen LogP contribution < -0.4 is 10.6 Å². The van der Waals surface area contributed by atoms with Gasteiger partial charge < -0.3 is 15.4 Å². The van der Waals surface area contributed by atoms with Gasteiger partial charge in [0.05, 0.1) is 13.2 Å². The highest BCUT2D eigenvalue weighted by Crippen LogP contribution is 2.23. The molecule has 1 aromatic rings. The maximum absolute atomic E-state index is 11.3. The maximum atomic E-state index is 11.3. The summed E-state index contributed by atoms with van der Waals surface area (Å²) in [4.78, 5) is 16.2. The Kier molecular flexibility index (Phi) is 4.41. The van der Waals surface area contributed by atoms with Crippen LogP contribution in [0.3, 0.4) is 0 Å². The van der Waals surface area contributed by atoms with Crippen LogP contribution in [-0.4, -0.2) is 56.2 Å².